The molecule has 0 radical (unpaired) electrons. The van der Waals surface area contributed by atoms with E-state index in [1.54, 1.807) is 6.07 Å². The number of halogens is 1. The van der Waals surface area contributed by atoms with Crippen molar-refractivity contribution >= 4 is 17.6 Å². The maximum atomic E-state index is 10.9. The van der Waals surface area contributed by atoms with E-state index in [1.165, 1.54) is 18.3 Å². The predicted octanol–water partition coefficient (Wildman–Crippen LogP) is 3.41. The van der Waals surface area contributed by atoms with Crippen LogP contribution in [0, 0.1) is 6.92 Å². The minimum atomic E-state index is -0.966. The monoisotopic (exact) mass is 247 g/mol. The molecular formula is C13H10ClNO2. The lowest BCUT2D eigenvalue weighted by molar-refractivity contribution is 0.0697. The first-order valence-corrected chi connectivity index (χ1v) is 5.41. The van der Waals surface area contributed by atoms with E-state index in [0.29, 0.717) is 10.7 Å². The van der Waals surface area contributed by atoms with Crippen LogP contribution in [0.1, 0.15) is 15.9 Å². The normalized spacial score (nSPS) is 10.2. The molecule has 0 unspecified atom stereocenters. The molecule has 0 spiro atoms. The first kappa shape index (κ1) is 11.6. The highest BCUT2D eigenvalue weighted by atomic mass is 35.5. The van der Waals surface area contributed by atoms with E-state index < -0.39 is 5.97 Å². The third-order valence-electron chi connectivity index (χ3n) is 2.47. The minimum Gasteiger partial charge on any atom is -0.478 e. The largest absolute Gasteiger partial charge is 0.478 e. The number of hydrogen-bond acceptors (Lipinski definition) is 2. The second-order valence-corrected chi connectivity index (χ2v) is 4.11. The Balaban J connectivity index is 2.49. The topological polar surface area (TPSA) is 50.2 Å². The van der Waals surface area contributed by atoms with Crippen molar-refractivity contribution in [2.24, 2.45) is 0 Å². The number of rotatable bonds is 2. The molecule has 1 aromatic heterocycles. The van der Waals surface area contributed by atoms with Crippen LogP contribution in [-0.2, 0) is 0 Å². The van der Waals surface area contributed by atoms with E-state index in [1.807, 2.05) is 19.1 Å². The molecule has 0 aliphatic rings. The van der Waals surface area contributed by atoms with Crippen molar-refractivity contribution in [1.82, 2.24) is 4.98 Å². The number of carbonyl (C=O) groups is 1. The lowest BCUT2D eigenvalue weighted by Crippen LogP contribution is -1.97. The van der Waals surface area contributed by atoms with Crippen LogP contribution in [-0.4, -0.2) is 16.1 Å². The Bertz CT molecular complexity index is 581. The molecule has 2 aromatic rings. The van der Waals surface area contributed by atoms with Gasteiger partial charge >= 0.3 is 5.97 Å². The standard InChI is InChI=1S/C13H10ClNO2/c1-8-2-3-9(6-11(8)14)12-7-10(13(16)17)4-5-15-12/h2-7H,1H3,(H,16,17). The zero-order valence-corrected chi connectivity index (χ0v) is 9.90. The molecule has 17 heavy (non-hydrogen) atoms. The quantitative estimate of drug-likeness (QED) is 0.885. The molecule has 0 amide bonds. The molecule has 0 fully saturated rings. The van der Waals surface area contributed by atoms with Gasteiger partial charge in [0.1, 0.15) is 0 Å². The van der Waals surface area contributed by atoms with Crippen molar-refractivity contribution in [3.05, 3.63) is 52.7 Å². The number of nitrogens with zero attached hydrogens (tertiary/aromatic N) is 1. The third-order valence-corrected chi connectivity index (χ3v) is 2.88. The lowest BCUT2D eigenvalue weighted by atomic mass is 10.1. The fourth-order valence-electron chi connectivity index (χ4n) is 1.47. The van der Waals surface area contributed by atoms with Gasteiger partial charge in [0.25, 0.3) is 0 Å². The molecular weight excluding hydrogens is 238 g/mol. The van der Waals surface area contributed by atoms with E-state index in [0.717, 1.165) is 11.1 Å². The van der Waals surface area contributed by atoms with Crippen LogP contribution in [0.4, 0.5) is 0 Å². The number of benzene rings is 1. The van der Waals surface area contributed by atoms with Crippen LogP contribution in [0.2, 0.25) is 5.02 Å². The Kier molecular flexibility index (Phi) is 3.11. The van der Waals surface area contributed by atoms with Crippen molar-refractivity contribution in [2.45, 2.75) is 6.92 Å². The number of aromatic carboxylic acids is 1. The third kappa shape index (κ3) is 2.45. The Hall–Kier alpha value is -1.87. The zero-order valence-electron chi connectivity index (χ0n) is 9.14. The summed E-state index contributed by atoms with van der Waals surface area (Å²) in [6.45, 7) is 1.91. The molecule has 4 heteroatoms. The zero-order chi connectivity index (χ0) is 12.4. The molecule has 0 aliphatic carbocycles. The molecule has 1 heterocycles. The number of aryl methyl sites for hydroxylation is 1. The predicted molar refractivity (Wildman–Crippen MR) is 66.4 cm³/mol. The van der Waals surface area contributed by atoms with Gasteiger partial charge in [-0.25, -0.2) is 4.79 Å². The highest BCUT2D eigenvalue weighted by Gasteiger charge is 2.07. The summed E-state index contributed by atoms with van der Waals surface area (Å²) in [4.78, 5) is 15.0. The summed E-state index contributed by atoms with van der Waals surface area (Å²) in [5, 5.41) is 9.54. The first-order chi connectivity index (χ1) is 8.08. The summed E-state index contributed by atoms with van der Waals surface area (Å²) in [5.74, 6) is -0.966. The summed E-state index contributed by atoms with van der Waals surface area (Å²) in [5.41, 5.74) is 2.60. The van der Waals surface area contributed by atoms with Crippen LogP contribution >= 0.6 is 11.6 Å². The minimum absolute atomic E-state index is 0.215. The molecule has 1 aromatic carbocycles. The molecule has 3 nitrogen and oxygen atoms in total. The average Bonchev–Trinajstić information content (AvgIpc) is 2.33. The van der Waals surface area contributed by atoms with Gasteiger partial charge in [-0.05, 0) is 30.7 Å². The number of carboxylic acid groups (broad SMARTS) is 1. The molecule has 0 bridgehead atoms. The summed E-state index contributed by atoms with van der Waals surface area (Å²) in [6.07, 6.45) is 1.48. The maximum absolute atomic E-state index is 10.9. The second-order valence-electron chi connectivity index (χ2n) is 3.70. The van der Waals surface area contributed by atoms with Crippen molar-refractivity contribution in [3.63, 3.8) is 0 Å². The van der Waals surface area contributed by atoms with Crippen molar-refractivity contribution in [2.75, 3.05) is 0 Å². The highest BCUT2D eigenvalue weighted by Crippen LogP contribution is 2.24. The maximum Gasteiger partial charge on any atom is 0.335 e. The lowest BCUT2D eigenvalue weighted by Gasteiger charge is -2.04. The summed E-state index contributed by atoms with van der Waals surface area (Å²) in [7, 11) is 0. The molecule has 1 N–H and O–H groups in total. The van der Waals surface area contributed by atoms with Gasteiger partial charge in [-0.15, -0.1) is 0 Å². The van der Waals surface area contributed by atoms with Crippen LogP contribution in [0.25, 0.3) is 11.3 Å². The summed E-state index contributed by atoms with van der Waals surface area (Å²) < 4.78 is 0. The molecule has 2 rings (SSSR count). The van der Waals surface area contributed by atoms with Crippen LogP contribution in [0.5, 0.6) is 0 Å². The van der Waals surface area contributed by atoms with E-state index in [9.17, 15) is 4.79 Å². The highest BCUT2D eigenvalue weighted by molar-refractivity contribution is 6.31. The van der Waals surface area contributed by atoms with Crippen molar-refractivity contribution in [3.8, 4) is 11.3 Å². The van der Waals surface area contributed by atoms with Crippen LogP contribution < -0.4 is 0 Å². The van der Waals surface area contributed by atoms with Crippen molar-refractivity contribution in [1.29, 1.82) is 0 Å². The Labute approximate surface area is 104 Å². The molecule has 0 saturated heterocycles. The fraction of sp³-hybridized carbons (Fsp3) is 0.0769. The van der Waals surface area contributed by atoms with Gasteiger partial charge in [-0.1, -0.05) is 23.7 Å². The Morgan fingerprint density at radius 1 is 1.29 bits per heavy atom. The molecule has 86 valence electrons. The van der Waals surface area contributed by atoms with Crippen LogP contribution in [0.3, 0.4) is 0 Å². The van der Waals surface area contributed by atoms with Gasteiger partial charge in [-0.2, -0.15) is 0 Å². The Morgan fingerprint density at radius 3 is 2.71 bits per heavy atom. The number of aromatic nitrogens is 1. The van der Waals surface area contributed by atoms with Gasteiger partial charge in [0.05, 0.1) is 11.3 Å². The first-order valence-electron chi connectivity index (χ1n) is 5.04. The second kappa shape index (κ2) is 4.55. The summed E-state index contributed by atoms with van der Waals surface area (Å²) >= 11 is 6.02. The van der Waals surface area contributed by atoms with Gasteiger partial charge in [0, 0.05) is 16.8 Å². The van der Waals surface area contributed by atoms with Gasteiger partial charge in [0.2, 0.25) is 0 Å². The summed E-state index contributed by atoms with van der Waals surface area (Å²) in [6, 6.07) is 8.53. The van der Waals surface area contributed by atoms with E-state index in [4.69, 9.17) is 16.7 Å². The number of hydrogen-bond donors (Lipinski definition) is 1. The molecule has 0 saturated carbocycles. The van der Waals surface area contributed by atoms with E-state index in [-0.39, 0.29) is 5.56 Å². The van der Waals surface area contributed by atoms with E-state index in [2.05, 4.69) is 4.98 Å². The van der Waals surface area contributed by atoms with Gasteiger partial charge < -0.3 is 5.11 Å². The average molecular weight is 248 g/mol. The molecule has 0 aliphatic heterocycles. The fourth-order valence-corrected chi connectivity index (χ4v) is 1.65. The number of pyridine rings is 1. The molecule has 0 atom stereocenters. The van der Waals surface area contributed by atoms with Crippen molar-refractivity contribution < 1.29 is 9.90 Å². The number of carboxylic acids is 1. The van der Waals surface area contributed by atoms with Gasteiger partial charge in [-0.3, -0.25) is 4.98 Å². The SMILES string of the molecule is Cc1ccc(-c2cc(C(=O)O)ccn2)cc1Cl. The Morgan fingerprint density at radius 2 is 2.06 bits per heavy atom. The van der Waals surface area contributed by atoms with E-state index >= 15 is 0 Å². The smallest absolute Gasteiger partial charge is 0.335 e. The van der Waals surface area contributed by atoms with Gasteiger partial charge in [0.15, 0.2) is 0 Å². The van der Waals surface area contributed by atoms with Crippen LogP contribution in [0.15, 0.2) is 36.5 Å².